The van der Waals surface area contributed by atoms with Crippen LogP contribution >= 0.6 is 0 Å². The van der Waals surface area contributed by atoms with Crippen LogP contribution in [-0.2, 0) is 7.05 Å². The van der Waals surface area contributed by atoms with Gasteiger partial charge in [-0.2, -0.15) is 10.2 Å². The van der Waals surface area contributed by atoms with Crippen molar-refractivity contribution in [2.45, 2.75) is 0 Å². The van der Waals surface area contributed by atoms with Crippen LogP contribution in [0, 0.1) is 10.1 Å². The number of nitrogens with zero attached hydrogens (tertiary/aromatic N) is 4. The van der Waals surface area contributed by atoms with Gasteiger partial charge in [-0.05, 0) is 18.2 Å². The van der Waals surface area contributed by atoms with Gasteiger partial charge in [-0.1, -0.05) is 18.2 Å². The largest absolute Gasteiger partial charge is 0.433 e. The molecule has 1 aromatic carbocycles. The molecule has 3 rings (SSSR count). The van der Waals surface area contributed by atoms with E-state index in [1.165, 1.54) is 12.1 Å². The molecular formula is C15H13N5O3. The molecular weight excluding hydrogens is 298 g/mol. The Morgan fingerprint density at radius 1 is 1.30 bits per heavy atom. The lowest BCUT2D eigenvalue weighted by atomic mass is 10.2. The highest BCUT2D eigenvalue weighted by Crippen LogP contribution is 2.26. The smallest absolute Gasteiger partial charge is 0.399 e. The van der Waals surface area contributed by atoms with Crippen molar-refractivity contribution in [2.24, 2.45) is 12.1 Å². The molecule has 2 heterocycles. The van der Waals surface area contributed by atoms with Gasteiger partial charge >= 0.3 is 5.88 Å². The number of hydrogen-bond donors (Lipinski definition) is 1. The Morgan fingerprint density at radius 3 is 2.78 bits per heavy atom. The molecule has 3 aromatic rings. The quantitative estimate of drug-likeness (QED) is 0.443. The lowest BCUT2D eigenvalue weighted by Gasteiger charge is -1.98. The van der Waals surface area contributed by atoms with E-state index in [-0.39, 0.29) is 5.88 Å². The van der Waals surface area contributed by atoms with Gasteiger partial charge < -0.3 is 4.42 Å². The van der Waals surface area contributed by atoms with Crippen LogP contribution in [0.1, 0.15) is 5.56 Å². The number of anilines is 1. The highest BCUT2D eigenvalue weighted by molar-refractivity contribution is 5.88. The van der Waals surface area contributed by atoms with Gasteiger partial charge in [0.1, 0.15) is 10.6 Å². The molecule has 0 fully saturated rings. The molecule has 0 atom stereocenters. The minimum absolute atomic E-state index is 0.318. The van der Waals surface area contributed by atoms with Gasteiger partial charge in [0.2, 0.25) is 0 Å². The van der Waals surface area contributed by atoms with E-state index in [0.29, 0.717) is 17.0 Å². The van der Waals surface area contributed by atoms with Crippen molar-refractivity contribution >= 4 is 17.8 Å². The lowest BCUT2D eigenvalue weighted by molar-refractivity contribution is -0.401. The second-order valence-corrected chi connectivity index (χ2v) is 4.74. The highest BCUT2D eigenvalue weighted by atomic mass is 16.6. The number of aromatic nitrogens is 2. The molecule has 8 heteroatoms. The van der Waals surface area contributed by atoms with Crippen LogP contribution in [0.25, 0.3) is 11.5 Å². The summed E-state index contributed by atoms with van der Waals surface area (Å²) in [5, 5.41) is 19.1. The third kappa shape index (κ3) is 3.26. The number of furan rings is 1. The summed E-state index contributed by atoms with van der Waals surface area (Å²) in [5.41, 5.74) is 4.91. The van der Waals surface area contributed by atoms with Gasteiger partial charge in [-0.25, -0.2) is 0 Å². The van der Waals surface area contributed by atoms with E-state index < -0.39 is 4.92 Å². The maximum Gasteiger partial charge on any atom is 0.433 e. The van der Waals surface area contributed by atoms with Crippen LogP contribution in [0.2, 0.25) is 0 Å². The van der Waals surface area contributed by atoms with E-state index in [1.807, 2.05) is 30.3 Å². The maximum atomic E-state index is 10.7. The Kier molecular flexibility index (Phi) is 3.88. The monoisotopic (exact) mass is 311 g/mol. The minimum Gasteiger partial charge on any atom is -0.399 e. The zero-order chi connectivity index (χ0) is 16.2. The number of nitrogens with one attached hydrogen (secondary N) is 1. The Hall–Kier alpha value is -3.42. The first kappa shape index (κ1) is 14.5. The van der Waals surface area contributed by atoms with E-state index in [4.69, 9.17) is 4.42 Å². The maximum absolute atomic E-state index is 10.7. The standard InChI is InChI=1S/C15H13N5O3/c1-19-10-11(9-16-17-12-5-3-2-4-6-12)15(18-19)13-7-8-14(23-13)20(21)22/h2-10,17H,1H3. The molecule has 23 heavy (non-hydrogen) atoms. The first-order chi connectivity index (χ1) is 11.1. The number of benzene rings is 1. The van der Waals surface area contributed by atoms with Crippen molar-refractivity contribution < 1.29 is 9.34 Å². The summed E-state index contributed by atoms with van der Waals surface area (Å²) in [4.78, 5) is 10.1. The summed E-state index contributed by atoms with van der Waals surface area (Å²) in [7, 11) is 1.75. The van der Waals surface area contributed by atoms with Crippen molar-refractivity contribution in [1.82, 2.24) is 9.78 Å². The van der Waals surface area contributed by atoms with Crippen LogP contribution in [0.5, 0.6) is 0 Å². The fourth-order valence-electron chi connectivity index (χ4n) is 2.03. The number of hydrazone groups is 1. The van der Waals surface area contributed by atoms with E-state index in [1.54, 1.807) is 24.1 Å². The molecule has 0 aliphatic carbocycles. The summed E-state index contributed by atoms with van der Waals surface area (Å²) >= 11 is 0. The van der Waals surface area contributed by atoms with Crippen LogP contribution in [0.15, 0.2) is 58.2 Å². The summed E-state index contributed by atoms with van der Waals surface area (Å²) < 4.78 is 6.78. The Bertz CT molecular complexity index is 851. The molecule has 0 amide bonds. The number of aryl methyl sites for hydroxylation is 1. The third-order valence-corrected chi connectivity index (χ3v) is 3.03. The SMILES string of the molecule is Cn1cc(C=NNc2ccccc2)c(-c2ccc([N+](=O)[O-])o2)n1. The van der Waals surface area contributed by atoms with Crippen molar-refractivity contribution in [1.29, 1.82) is 0 Å². The molecule has 116 valence electrons. The molecule has 0 saturated heterocycles. The topological polar surface area (TPSA) is 98.5 Å². The molecule has 0 spiro atoms. The zero-order valence-corrected chi connectivity index (χ0v) is 12.2. The van der Waals surface area contributed by atoms with Crippen LogP contribution in [-0.4, -0.2) is 20.9 Å². The van der Waals surface area contributed by atoms with Gasteiger partial charge in [0.25, 0.3) is 0 Å². The minimum atomic E-state index is -0.586. The molecule has 0 bridgehead atoms. The van der Waals surface area contributed by atoms with Gasteiger partial charge in [-0.3, -0.25) is 20.2 Å². The average Bonchev–Trinajstić information content (AvgIpc) is 3.15. The lowest BCUT2D eigenvalue weighted by Crippen LogP contribution is -1.90. The average molecular weight is 311 g/mol. The molecule has 0 aliphatic heterocycles. The predicted octanol–water partition coefficient (Wildman–Crippen LogP) is 3.03. The molecule has 8 nitrogen and oxygen atoms in total. The molecule has 2 aromatic heterocycles. The van der Waals surface area contributed by atoms with Crippen LogP contribution < -0.4 is 5.43 Å². The number of rotatable bonds is 5. The summed E-state index contributed by atoms with van der Waals surface area (Å²) in [6.07, 6.45) is 3.34. The van der Waals surface area contributed by atoms with Gasteiger partial charge in [-0.15, -0.1) is 0 Å². The van der Waals surface area contributed by atoms with E-state index in [0.717, 1.165) is 5.69 Å². The van der Waals surface area contributed by atoms with E-state index >= 15 is 0 Å². The van der Waals surface area contributed by atoms with E-state index in [2.05, 4.69) is 15.6 Å². The number of para-hydroxylation sites is 1. The molecule has 0 aliphatic rings. The zero-order valence-electron chi connectivity index (χ0n) is 12.2. The molecule has 0 saturated carbocycles. The first-order valence-corrected chi connectivity index (χ1v) is 6.76. The van der Waals surface area contributed by atoms with Crippen LogP contribution in [0.4, 0.5) is 11.6 Å². The van der Waals surface area contributed by atoms with Crippen molar-refractivity contribution in [3.63, 3.8) is 0 Å². The Labute approximate surface area is 131 Å². The third-order valence-electron chi connectivity index (χ3n) is 3.03. The second-order valence-electron chi connectivity index (χ2n) is 4.74. The molecule has 1 N–H and O–H groups in total. The highest BCUT2D eigenvalue weighted by Gasteiger charge is 2.17. The second kappa shape index (κ2) is 6.14. The van der Waals surface area contributed by atoms with Gasteiger partial charge in [0.15, 0.2) is 5.76 Å². The van der Waals surface area contributed by atoms with Crippen LogP contribution in [0.3, 0.4) is 0 Å². The normalized spacial score (nSPS) is 11.0. The Balaban J connectivity index is 1.84. The van der Waals surface area contributed by atoms with Gasteiger partial charge in [0.05, 0.1) is 18.0 Å². The Morgan fingerprint density at radius 2 is 2.09 bits per heavy atom. The van der Waals surface area contributed by atoms with Crippen molar-refractivity contribution in [3.05, 3.63) is 64.3 Å². The summed E-state index contributed by atoms with van der Waals surface area (Å²) in [6.45, 7) is 0. The fourth-order valence-corrected chi connectivity index (χ4v) is 2.03. The fraction of sp³-hybridized carbons (Fsp3) is 0.0667. The number of nitro groups is 1. The molecule has 0 radical (unpaired) electrons. The number of hydrogen-bond acceptors (Lipinski definition) is 6. The predicted molar refractivity (Wildman–Crippen MR) is 85.2 cm³/mol. The van der Waals surface area contributed by atoms with Crippen molar-refractivity contribution in [2.75, 3.05) is 5.43 Å². The summed E-state index contributed by atoms with van der Waals surface area (Å²) in [6, 6.07) is 12.3. The van der Waals surface area contributed by atoms with Crippen molar-refractivity contribution in [3.8, 4) is 11.5 Å². The van der Waals surface area contributed by atoms with E-state index in [9.17, 15) is 10.1 Å². The first-order valence-electron chi connectivity index (χ1n) is 6.76. The summed E-state index contributed by atoms with van der Waals surface area (Å²) in [5.74, 6) is -0.00517. The van der Waals surface area contributed by atoms with Gasteiger partial charge in [0, 0.05) is 18.8 Å². The molecule has 0 unspecified atom stereocenters.